The molecule has 0 unspecified atom stereocenters. The molecule has 0 aliphatic heterocycles. The third kappa shape index (κ3) is 6.71. The summed E-state index contributed by atoms with van der Waals surface area (Å²) in [6.07, 6.45) is 4.02. The molecule has 0 bridgehead atoms. The van der Waals surface area contributed by atoms with Crippen LogP contribution in [0, 0.1) is 0 Å². The Balaban J connectivity index is 2.18. The molecule has 0 aliphatic rings. The first kappa shape index (κ1) is 14.5. The maximum atomic E-state index is 4.97. The molecule has 1 aromatic rings. The van der Waals surface area contributed by atoms with Gasteiger partial charge in [-0.2, -0.15) is 11.8 Å². The van der Waals surface area contributed by atoms with Gasteiger partial charge in [-0.1, -0.05) is 13.8 Å². The lowest BCUT2D eigenvalue weighted by molar-refractivity contribution is 0.199. The molecule has 0 radical (unpaired) electrons. The first-order chi connectivity index (χ1) is 8.22. The Morgan fingerprint density at radius 3 is 3.06 bits per heavy atom. The summed E-state index contributed by atoms with van der Waals surface area (Å²) in [6.45, 7) is 7.91. The molecule has 0 spiro atoms. The van der Waals surface area contributed by atoms with E-state index >= 15 is 0 Å². The Kier molecular flexibility index (Phi) is 7.32. The Hall–Kier alpha value is -0.520. The van der Waals surface area contributed by atoms with E-state index in [1.54, 1.807) is 7.11 Å². The molecule has 5 heteroatoms. The van der Waals surface area contributed by atoms with Crippen LogP contribution in [0.5, 0.6) is 0 Å². The highest BCUT2D eigenvalue weighted by molar-refractivity contribution is 7.99. The average Bonchev–Trinajstić information content (AvgIpc) is 2.72. The molecule has 0 aromatic carbocycles. The van der Waals surface area contributed by atoms with E-state index in [0.29, 0.717) is 5.25 Å². The van der Waals surface area contributed by atoms with Gasteiger partial charge in [0.05, 0.1) is 18.6 Å². The molecule has 0 saturated heterocycles. The normalized spacial score (nSPS) is 11.3. The van der Waals surface area contributed by atoms with Gasteiger partial charge in [-0.05, 0) is 5.25 Å². The highest BCUT2D eigenvalue weighted by atomic mass is 32.2. The molecule has 0 saturated carbocycles. The molecule has 0 fully saturated rings. The molecule has 1 N–H and O–H groups in total. The molecule has 4 nitrogen and oxygen atoms in total. The first-order valence-corrected chi connectivity index (χ1v) is 7.09. The van der Waals surface area contributed by atoms with Crippen molar-refractivity contribution in [3.63, 3.8) is 0 Å². The zero-order chi connectivity index (χ0) is 12.5. The van der Waals surface area contributed by atoms with Crippen molar-refractivity contribution in [2.75, 3.05) is 26.0 Å². The fourth-order valence-corrected chi connectivity index (χ4v) is 2.19. The second-order valence-corrected chi connectivity index (χ2v) is 5.88. The number of imidazole rings is 1. The van der Waals surface area contributed by atoms with Crippen molar-refractivity contribution in [3.8, 4) is 0 Å². The van der Waals surface area contributed by atoms with E-state index in [0.717, 1.165) is 37.7 Å². The summed E-state index contributed by atoms with van der Waals surface area (Å²) in [5, 5.41) is 3.99. The highest BCUT2D eigenvalue weighted by Gasteiger charge is 1.99. The molecular weight excluding hydrogens is 234 g/mol. The number of methoxy groups -OCH3 is 1. The van der Waals surface area contributed by atoms with Crippen molar-refractivity contribution in [1.82, 2.24) is 14.9 Å². The zero-order valence-corrected chi connectivity index (χ0v) is 11.8. The number of nitrogens with one attached hydrogen (secondary N) is 1. The lowest BCUT2D eigenvalue weighted by atomic mass is 10.4. The molecule has 0 amide bonds. The van der Waals surface area contributed by atoms with Crippen molar-refractivity contribution >= 4 is 11.8 Å². The summed E-state index contributed by atoms with van der Waals surface area (Å²) in [5.74, 6) is 1.14. The van der Waals surface area contributed by atoms with Gasteiger partial charge in [0.25, 0.3) is 0 Å². The van der Waals surface area contributed by atoms with Gasteiger partial charge in [0, 0.05) is 38.7 Å². The quantitative estimate of drug-likeness (QED) is 0.684. The molecule has 98 valence electrons. The van der Waals surface area contributed by atoms with Gasteiger partial charge < -0.3 is 14.6 Å². The van der Waals surface area contributed by atoms with Crippen LogP contribution >= 0.6 is 11.8 Å². The predicted molar refractivity (Wildman–Crippen MR) is 73.4 cm³/mol. The molecule has 0 atom stereocenters. The van der Waals surface area contributed by atoms with Gasteiger partial charge in [0.2, 0.25) is 0 Å². The predicted octanol–water partition coefficient (Wildman–Crippen LogP) is 1.76. The van der Waals surface area contributed by atoms with Gasteiger partial charge in [0.1, 0.15) is 0 Å². The van der Waals surface area contributed by atoms with E-state index in [1.807, 2.05) is 18.1 Å². The highest BCUT2D eigenvalue weighted by Crippen LogP contribution is 2.09. The topological polar surface area (TPSA) is 39.1 Å². The summed E-state index contributed by atoms with van der Waals surface area (Å²) in [4.78, 5) is 4.36. The average molecular weight is 257 g/mol. The van der Waals surface area contributed by atoms with Crippen LogP contribution < -0.4 is 5.32 Å². The van der Waals surface area contributed by atoms with Crippen molar-refractivity contribution in [2.24, 2.45) is 0 Å². The van der Waals surface area contributed by atoms with E-state index in [-0.39, 0.29) is 0 Å². The van der Waals surface area contributed by atoms with E-state index in [4.69, 9.17) is 4.74 Å². The molecule has 17 heavy (non-hydrogen) atoms. The van der Waals surface area contributed by atoms with Gasteiger partial charge in [-0.25, -0.2) is 4.98 Å². The minimum absolute atomic E-state index is 0.703. The van der Waals surface area contributed by atoms with Gasteiger partial charge >= 0.3 is 0 Å². The molecule has 1 heterocycles. The standard InChI is InChI=1S/C12H23N3OS/c1-11(2)17-7-5-15-9-12(14-10-15)8-13-4-6-16-3/h9-11,13H,4-8H2,1-3H3. The lowest BCUT2D eigenvalue weighted by Gasteiger charge is -2.04. The number of aryl methyl sites for hydroxylation is 1. The Morgan fingerprint density at radius 1 is 1.53 bits per heavy atom. The van der Waals surface area contributed by atoms with Crippen LogP contribution in [0.15, 0.2) is 12.5 Å². The minimum atomic E-state index is 0.703. The second kappa shape index (κ2) is 8.55. The van der Waals surface area contributed by atoms with Crippen molar-refractivity contribution in [3.05, 3.63) is 18.2 Å². The maximum absolute atomic E-state index is 4.97. The van der Waals surface area contributed by atoms with Gasteiger partial charge in [0.15, 0.2) is 0 Å². The number of hydrogen-bond donors (Lipinski definition) is 1. The van der Waals surface area contributed by atoms with E-state index in [2.05, 4.69) is 34.9 Å². The van der Waals surface area contributed by atoms with E-state index in [1.165, 1.54) is 0 Å². The second-order valence-electron chi connectivity index (χ2n) is 4.19. The number of rotatable bonds is 9. The van der Waals surface area contributed by atoms with Crippen LogP contribution in [0.4, 0.5) is 0 Å². The number of ether oxygens (including phenoxy) is 1. The first-order valence-electron chi connectivity index (χ1n) is 6.04. The van der Waals surface area contributed by atoms with Crippen LogP contribution in [-0.2, 0) is 17.8 Å². The fraction of sp³-hybridized carbons (Fsp3) is 0.750. The summed E-state index contributed by atoms with van der Waals surface area (Å²) in [7, 11) is 1.71. The third-order valence-electron chi connectivity index (χ3n) is 2.28. The number of aromatic nitrogens is 2. The third-order valence-corrected chi connectivity index (χ3v) is 3.36. The Morgan fingerprint density at radius 2 is 2.35 bits per heavy atom. The SMILES string of the molecule is COCCNCc1cn(CCSC(C)C)cn1. The minimum Gasteiger partial charge on any atom is -0.383 e. The van der Waals surface area contributed by atoms with Gasteiger partial charge in [-0.3, -0.25) is 0 Å². The number of nitrogens with zero attached hydrogens (tertiary/aromatic N) is 2. The summed E-state index contributed by atoms with van der Waals surface area (Å²) >= 11 is 1.98. The fourth-order valence-electron chi connectivity index (χ4n) is 1.40. The Labute approximate surface area is 108 Å². The van der Waals surface area contributed by atoms with Crippen molar-refractivity contribution in [2.45, 2.75) is 32.2 Å². The van der Waals surface area contributed by atoms with Crippen LogP contribution in [0.2, 0.25) is 0 Å². The Bertz CT molecular complexity index is 302. The van der Waals surface area contributed by atoms with E-state index < -0.39 is 0 Å². The summed E-state index contributed by atoms with van der Waals surface area (Å²) < 4.78 is 7.13. The largest absolute Gasteiger partial charge is 0.383 e. The monoisotopic (exact) mass is 257 g/mol. The van der Waals surface area contributed by atoms with E-state index in [9.17, 15) is 0 Å². The molecular formula is C12H23N3OS. The summed E-state index contributed by atoms with van der Waals surface area (Å²) in [5.41, 5.74) is 1.09. The van der Waals surface area contributed by atoms with Crippen molar-refractivity contribution in [1.29, 1.82) is 0 Å². The number of hydrogen-bond acceptors (Lipinski definition) is 4. The zero-order valence-electron chi connectivity index (χ0n) is 11.0. The van der Waals surface area contributed by atoms with Crippen LogP contribution in [0.3, 0.4) is 0 Å². The maximum Gasteiger partial charge on any atom is 0.0950 e. The van der Waals surface area contributed by atoms with Crippen LogP contribution in [0.1, 0.15) is 19.5 Å². The molecule has 1 aromatic heterocycles. The molecule has 0 aliphatic carbocycles. The summed E-state index contributed by atoms with van der Waals surface area (Å²) in [6, 6.07) is 0. The molecule has 1 rings (SSSR count). The number of thioether (sulfide) groups is 1. The lowest BCUT2D eigenvalue weighted by Crippen LogP contribution is -2.18. The van der Waals surface area contributed by atoms with Crippen LogP contribution in [-0.4, -0.2) is 40.8 Å². The van der Waals surface area contributed by atoms with Crippen molar-refractivity contribution < 1.29 is 4.74 Å². The van der Waals surface area contributed by atoms with Gasteiger partial charge in [-0.15, -0.1) is 0 Å². The van der Waals surface area contributed by atoms with Crippen LogP contribution in [0.25, 0.3) is 0 Å². The smallest absolute Gasteiger partial charge is 0.0950 e.